The maximum Gasteiger partial charge on any atom is -0.0122 e. The first-order valence-corrected chi connectivity index (χ1v) is 7.06. The van der Waals surface area contributed by atoms with Crippen LogP contribution in [0.25, 0.3) is 0 Å². The first kappa shape index (κ1) is 21.1. The van der Waals surface area contributed by atoms with Crippen molar-refractivity contribution in [2.24, 2.45) is 11.3 Å². The van der Waals surface area contributed by atoms with Crippen LogP contribution in [0.5, 0.6) is 0 Å². The molecule has 0 N–H and O–H groups in total. The summed E-state index contributed by atoms with van der Waals surface area (Å²) in [6, 6.07) is 0. The van der Waals surface area contributed by atoms with Gasteiger partial charge in [-0.3, -0.25) is 0 Å². The van der Waals surface area contributed by atoms with Crippen molar-refractivity contribution in [3.63, 3.8) is 0 Å². The van der Waals surface area contributed by atoms with Crippen LogP contribution >= 0.6 is 0 Å². The third kappa shape index (κ3) is 9.00. The quantitative estimate of drug-likeness (QED) is 0.484. The van der Waals surface area contributed by atoms with Gasteiger partial charge in [0.05, 0.1) is 0 Å². The molecule has 0 radical (unpaired) electrons. The lowest BCUT2D eigenvalue weighted by atomic mass is 9.72. The molecule has 0 rings (SSSR count). The Morgan fingerprint density at radius 3 is 1.56 bits per heavy atom. The molecule has 0 heteroatoms. The molecular formula is C16H36. The van der Waals surface area contributed by atoms with Crippen molar-refractivity contribution in [2.45, 2.75) is 81.6 Å². The van der Waals surface area contributed by atoms with E-state index in [1.165, 1.54) is 18.4 Å². The lowest BCUT2D eigenvalue weighted by Gasteiger charge is -2.33. The van der Waals surface area contributed by atoms with Crippen molar-refractivity contribution >= 4 is 0 Å². The first-order valence-electron chi connectivity index (χ1n) is 7.06. The molecule has 0 nitrogen and oxygen atoms in total. The van der Waals surface area contributed by atoms with Crippen LogP contribution in [0.1, 0.15) is 81.6 Å². The summed E-state index contributed by atoms with van der Waals surface area (Å²) in [6.45, 7) is 23.7. The Labute approximate surface area is 106 Å². The van der Waals surface area contributed by atoms with Gasteiger partial charge < -0.3 is 0 Å². The molecule has 0 aliphatic carbocycles. The van der Waals surface area contributed by atoms with Crippen molar-refractivity contribution in [2.75, 3.05) is 0 Å². The van der Waals surface area contributed by atoms with Crippen molar-refractivity contribution < 1.29 is 0 Å². The van der Waals surface area contributed by atoms with Crippen LogP contribution in [0.15, 0.2) is 12.2 Å². The summed E-state index contributed by atoms with van der Waals surface area (Å²) in [6.07, 6.45) is 3.60. The van der Waals surface area contributed by atoms with Crippen LogP contribution in [0.3, 0.4) is 0 Å². The lowest BCUT2D eigenvalue weighted by Crippen LogP contribution is -2.22. The number of hydrogen-bond donors (Lipinski definition) is 0. The third-order valence-electron chi connectivity index (χ3n) is 3.18. The highest BCUT2D eigenvalue weighted by molar-refractivity contribution is 5.07. The normalized spacial score (nSPS) is 11.6. The fourth-order valence-corrected chi connectivity index (χ4v) is 1.31. The largest absolute Gasteiger partial charge is 0.0993 e. The third-order valence-corrected chi connectivity index (χ3v) is 3.18. The Bertz CT molecular complexity index is 142. The van der Waals surface area contributed by atoms with E-state index in [1.807, 2.05) is 13.8 Å². The Kier molecular flexibility index (Phi) is 16.9. The molecule has 0 fully saturated rings. The second-order valence-corrected chi connectivity index (χ2v) is 4.70. The Morgan fingerprint density at radius 1 is 1.06 bits per heavy atom. The van der Waals surface area contributed by atoms with Gasteiger partial charge in [0.2, 0.25) is 0 Å². The predicted octanol–water partition coefficient (Wildman–Crippen LogP) is 6.47. The van der Waals surface area contributed by atoms with E-state index in [9.17, 15) is 0 Å². The van der Waals surface area contributed by atoms with Gasteiger partial charge in [-0.25, -0.2) is 0 Å². The highest BCUT2D eigenvalue weighted by Crippen LogP contribution is 2.36. The molecule has 0 aliphatic heterocycles. The highest BCUT2D eigenvalue weighted by atomic mass is 14.3. The average Bonchev–Trinajstić information content (AvgIpc) is 2.30. The maximum atomic E-state index is 4.11. The fraction of sp³-hybridized carbons (Fsp3) is 0.875. The van der Waals surface area contributed by atoms with Crippen LogP contribution in [-0.4, -0.2) is 0 Å². The van der Waals surface area contributed by atoms with Crippen LogP contribution in [-0.2, 0) is 0 Å². The van der Waals surface area contributed by atoms with Crippen LogP contribution < -0.4 is 0 Å². The van der Waals surface area contributed by atoms with Gasteiger partial charge in [-0.1, -0.05) is 87.3 Å². The molecule has 16 heavy (non-hydrogen) atoms. The summed E-state index contributed by atoms with van der Waals surface area (Å²) < 4.78 is 0. The number of hydrogen-bond acceptors (Lipinski definition) is 0. The zero-order valence-corrected chi connectivity index (χ0v) is 13.4. The SMILES string of the molecule is C=C(CC)C(C)(C)[C@@H](C)CC.CC.CCC. The van der Waals surface area contributed by atoms with Gasteiger partial charge in [0.1, 0.15) is 0 Å². The molecule has 1 atom stereocenters. The topological polar surface area (TPSA) is 0 Å². The lowest BCUT2D eigenvalue weighted by molar-refractivity contribution is 0.273. The first-order chi connectivity index (χ1) is 7.38. The molecule has 0 aromatic heterocycles. The monoisotopic (exact) mass is 228 g/mol. The average molecular weight is 228 g/mol. The molecule has 100 valence electrons. The van der Waals surface area contributed by atoms with Crippen LogP contribution in [0, 0.1) is 11.3 Å². The van der Waals surface area contributed by atoms with E-state index in [0.717, 1.165) is 12.3 Å². The van der Waals surface area contributed by atoms with Crippen molar-refractivity contribution in [3.8, 4) is 0 Å². The second kappa shape index (κ2) is 12.8. The molecule has 0 aliphatic rings. The van der Waals surface area contributed by atoms with Gasteiger partial charge in [0.25, 0.3) is 0 Å². The van der Waals surface area contributed by atoms with Gasteiger partial charge in [0.15, 0.2) is 0 Å². The minimum Gasteiger partial charge on any atom is -0.0993 e. The molecule has 0 heterocycles. The van der Waals surface area contributed by atoms with Gasteiger partial charge in [-0.2, -0.15) is 0 Å². The summed E-state index contributed by atoms with van der Waals surface area (Å²) in [5.74, 6) is 0.745. The molecule has 0 amide bonds. The maximum absolute atomic E-state index is 4.11. The zero-order chi connectivity index (χ0) is 13.8. The molecular weight excluding hydrogens is 192 g/mol. The molecule has 0 saturated carbocycles. The molecule has 0 spiro atoms. The van der Waals surface area contributed by atoms with Crippen molar-refractivity contribution in [3.05, 3.63) is 12.2 Å². The van der Waals surface area contributed by atoms with E-state index in [2.05, 4.69) is 55.0 Å². The van der Waals surface area contributed by atoms with Crippen LogP contribution in [0.4, 0.5) is 0 Å². The van der Waals surface area contributed by atoms with Gasteiger partial charge in [0, 0.05) is 0 Å². The molecule has 0 unspecified atom stereocenters. The van der Waals surface area contributed by atoms with E-state index in [4.69, 9.17) is 0 Å². The Hall–Kier alpha value is -0.260. The summed E-state index contributed by atoms with van der Waals surface area (Å²) in [7, 11) is 0. The standard InChI is InChI=1S/C11H22.C3H8.C2H6/c1-7-9(3)11(5,6)10(4)8-2;1-3-2;1-2/h10H,3,7-8H2,1-2,4-6H3;3H2,1-2H3;1-2H3/t10-;;/m0../s1. The minimum absolute atomic E-state index is 0.323. The predicted molar refractivity (Wildman–Crippen MR) is 80.0 cm³/mol. The van der Waals surface area contributed by atoms with Gasteiger partial charge >= 0.3 is 0 Å². The molecule has 0 saturated heterocycles. The van der Waals surface area contributed by atoms with Gasteiger partial charge in [-0.15, -0.1) is 0 Å². The summed E-state index contributed by atoms with van der Waals surface area (Å²) in [4.78, 5) is 0. The molecule has 0 aromatic rings. The second-order valence-electron chi connectivity index (χ2n) is 4.70. The molecule has 0 bridgehead atoms. The summed E-state index contributed by atoms with van der Waals surface area (Å²) >= 11 is 0. The Morgan fingerprint density at radius 2 is 1.38 bits per heavy atom. The van der Waals surface area contributed by atoms with E-state index in [0.29, 0.717) is 5.41 Å². The summed E-state index contributed by atoms with van der Waals surface area (Å²) in [5, 5.41) is 0. The van der Waals surface area contributed by atoms with Gasteiger partial charge in [-0.05, 0) is 17.8 Å². The minimum atomic E-state index is 0.323. The smallest absolute Gasteiger partial charge is 0.0122 e. The van der Waals surface area contributed by atoms with E-state index in [-0.39, 0.29) is 0 Å². The van der Waals surface area contributed by atoms with Crippen LogP contribution in [0.2, 0.25) is 0 Å². The van der Waals surface area contributed by atoms with E-state index >= 15 is 0 Å². The number of rotatable bonds is 4. The number of allylic oxidation sites excluding steroid dienone is 1. The highest BCUT2D eigenvalue weighted by Gasteiger charge is 2.26. The van der Waals surface area contributed by atoms with Crippen molar-refractivity contribution in [1.29, 1.82) is 0 Å². The van der Waals surface area contributed by atoms with E-state index in [1.54, 1.807) is 0 Å². The Balaban J connectivity index is -0.000000289. The molecule has 0 aromatic carbocycles. The van der Waals surface area contributed by atoms with Crippen molar-refractivity contribution in [1.82, 2.24) is 0 Å². The fourth-order valence-electron chi connectivity index (χ4n) is 1.31. The van der Waals surface area contributed by atoms with E-state index < -0.39 is 0 Å². The summed E-state index contributed by atoms with van der Waals surface area (Å²) in [5.41, 5.74) is 1.70. The zero-order valence-electron chi connectivity index (χ0n) is 13.4.